The van der Waals surface area contributed by atoms with Crippen LogP contribution in [0.25, 0.3) is 0 Å². The van der Waals surface area contributed by atoms with Crippen LogP contribution < -0.4 is 10.6 Å². The maximum absolute atomic E-state index is 12.2. The van der Waals surface area contributed by atoms with Crippen molar-refractivity contribution < 1.29 is 9.53 Å². The molecule has 0 spiro atoms. The fourth-order valence-corrected chi connectivity index (χ4v) is 2.37. The molecule has 1 aromatic carbocycles. The lowest BCUT2D eigenvalue weighted by atomic mass is 10.1. The SMILES string of the molecule is CNc1ccc(C(=O)NCC2CN(C)CCO2)c(C)c1. The molecule has 5 heteroatoms. The van der Waals surface area contributed by atoms with Crippen LogP contribution in [0.3, 0.4) is 0 Å². The summed E-state index contributed by atoms with van der Waals surface area (Å²) in [6.45, 7) is 5.04. The Morgan fingerprint density at radius 2 is 2.30 bits per heavy atom. The van der Waals surface area contributed by atoms with E-state index in [-0.39, 0.29) is 12.0 Å². The highest BCUT2D eigenvalue weighted by Crippen LogP contribution is 2.14. The number of morpholine rings is 1. The molecule has 0 saturated carbocycles. The van der Waals surface area contributed by atoms with Gasteiger partial charge in [0, 0.05) is 37.9 Å². The number of carbonyl (C=O) groups excluding carboxylic acids is 1. The zero-order valence-corrected chi connectivity index (χ0v) is 12.4. The summed E-state index contributed by atoms with van der Waals surface area (Å²) in [5.41, 5.74) is 2.69. The molecular formula is C15H23N3O2. The number of hydrogen-bond acceptors (Lipinski definition) is 4. The van der Waals surface area contributed by atoms with Crippen LogP contribution in [0.2, 0.25) is 0 Å². The number of likely N-dealkylation sites (N-methyl/N-ethyl adjacent to an activating group) is 1. The van der Waals surface area contributed by atoms with E-state index < -0.39 is 0 Å². The van der Waals surface area contributed by atoms with Gasteiger partial charge in [-0.3, -0.25) is 4.79 Å². The van der Waals surface area contributed by atoms with Crippen molar-refractivity contribution in [2.45, 2.75) is 13.0 Å². The zero-order valence-electron chi connectivity index (χ0n) is 12.4. The number of hydrogen-bond donors (Lipinski definition) is 2. The highest BCUT2D eigenvalue weighted by Gasteiger charge is 2.19. The number of carbonyl (C=O) groups is 1. The van der Waals surface area contributed by atoms with Gasteiger partial charge in [0.2, 0.25) is 0 Å². The third kappa shape index (κ3) is 3.71. The van der Waals surface area contributed by atoms with Crippen molar-refractivity contribution in [2.24, 2.45) is 0 Å². The molecular weight excluding hydrogens is 254 g/mol. The standard InChI is InChI=1S/C15H23N3O2/c1-11-8-12(16-2)4-5-14(11)15(19)17-9-13-10-18(3)6-7-20-13/h4-5,8,13,16H,6-7,9-10H2,1-3H3,(H,17,19). The molecule has 0 bridgehead atoms. The Hall–Kier alpha value is -1.59. The Morgan fingerprint density at radius 3 is 2.95 bits per heavy atom. The lowest BCUT2D eigenvalue weighted by Crippen LogP contribution is -2.46. The minimum absolute atomic E-state index is 0.0398. The molecule has 2 N–H and O–H groups in total. The van der Waals surface area contributed by atoms with Crippen molar-refractivity contribution >= 4 is 11.6 Å². The Balaban J connectivity index is 1.91. The van der Waals surface area contributed by atoms with Gasteiger partial charge in [0.1, 0.15) is 0 Å². The van der Waals surface area contributed by atoms with Crippen molar-refractivity contribution in [3.05, 3.63) is 29.3 Å². The number of nitrogens with one attached hydrogen (secondary N) is 2. The Kier molecular flexibility index (Phi) is 4.98. The first-order valence-corrected chi connectivity index (χ1v) is 6.97. The summed E-state index contributed by atoms with van der Waals surface area (Å²) in [7, 11) is 3.93. The van der Waals surface area contributed by atoms with Crippen LogP contribution >= 0.6 is 0 Å². The number of rotatable bonds is 4. The second-order valence-electron chi connectivity index (χ2n) is 5.24. The first kappa shape index (κ1) is 14.8. The normalized spacial score (nSPS) is 19.6. The molecule has 1 atom stereocenters. The van der Waals surface area contributed by atoms with Crippen molar-refractivity contribution in [1.29, 1.82) is 0 Å². The maximum Gasteiger partial charge on any atom is 0.251 e. The van der Waals surface area contributed by atoms with Gasteiger partial charge in [-0.25, -0.2) is 0 Å². The molecule has 1 amide bonds. The number of benzene rings is 1. The predicted octanol–water partition coefficient (Wildman–Crippen LogP) is 1.10. The molecule has 1 heterocycles. The average Bonchev–Trinajstić information content (AvgIpc) is 2.44. The van der Waals surface area contributed by atoms with Gasteiger partial charge in [0.25, 0.3) is 5.91 Å². The predicted molar refractivity (Wildman–Crippen MR) is 80.3 cm³/mol. The molecule has 5 nitrogen and oxygen atoms in total. The van der Waals surface area contributed by atoms with E-state index in [0.717, 1.165) is 30.9 Å². The quantitative estimate of drug-likeness (QED) is 0.865. The summed E-state index contributed by atoms with van der Waals surface area (Å²) < 4.78 is 5.63. The molecule has 2 rings (SSSR count). The lowest BCUT2D eigenvalue weighted by molar-refractivity contribution is -0.0175. The molecule has 1 unspecified atom stereocenters. The molecule has 20 heavy (non-hydrogen) atoms. The van der Waals surface area contributed by atoms with Crippen molar-refractivity contribution in [2.75, 3.05) is 45.7 Å². The van der Waals surface area contributed by atoms with Crippen molar-refractivity contribution in [3.8, 4) is 0 Å². The maximum atomic E-state index is 12.2. The summed E-state index contributed by atoms with van der Waals surface area (Å²) in [4.78, 5) is 14.4. The number of ether oxygens (including phenoxy) is 1. The molecule has 0 radical (unpaired) electrons. The van der Waals surface area contributed by atoms with Crippen LogP contribution in [0, 0.1) is 6.92 Å². The summed E-state index contributed by atoms with van der Waals surface area (Å²) in [5.74, 6) is -0.0398. The lowest BCUT2D eigenvalue weighted by Gasteiger charge is -2.30. The third-order valence-corrected chi connectivity index (χ3v) is 3.59. The van der Waals surface area contributed by atoms with Crippen LogP contribution in [-0.4, -0.2) is 57.2 Å². The van der Waals surface area contributed by atoms with Gasteiger partial charge in [-0.15, -0.1) is 0 Å². The van der Waals surface area contributed by atoms with Crippen molar-refractivity contribution in [3.63, 3.8) is 0 Å². The second-order valence-corrected chi connectivity index (χ2v) is 5.24. The fourth-order valence-electron chi connectivity index (χ4n) is 2.37. The van der Waals surface area contributed by atoms with E-state index >= 15 is 0 Å². The van der Waals surface area contributed by atoms with Gasteiger partial charge in [-0.1, -0.05) is 0 Å². The first-order chi connectivity index (χ1) is 9.60. The van der Waals surface area contributed by atoms with Gasteiger partial charge in [-0.2, -0.15) is 0 Å². The second kappa shape index (κ2) is 6.72. The molecule has 1 aliphatic heterocycles. The van der Waals surface area contributed by atoms with E-state index in [1.165, 1.54) is 0 Å². The van der Waals surface area contributed by atoms with Gasteiger partial charge in [0.05, 0.1) is 12.7 Å². The monoisotopic (exact) mass is 277 g/mol. The first-order valence-electron chi connectivity index (χ1n) is 6.97. The van der Waals surface area contributed by atoms with Crippen LogP contribution in [-0.2, 0) is 4.74 Å². The number of anilines is 1. The third-order valence-electron chi connectivity index (χ3n) is 3.59. The summed E-state index contributed by atoms with van der Waals surface area (Å²) in [6.07, 6.45) is 0.0783. The highest BCUT2D eigenvalue weighted by molar-refractivity contribution is 5.96. The molecule has 110 valence electrons. The summed E-state index contributed by atoms with van der Waals surface area (Å²) in [6, 6.07) is 5.73. The molecule has 1 aliphatic rings. The van der Waals surface area contributed by atoms with E-state index in [0.29, 0.717) is 12.1 Å². The Morgan fingerprint density at radius 1 is 1.50 bits per heavy atom. The molecule has 0 aromatic heterocycles. The topological polar surface area (TPSA) is 53.6 Å². The van der Waals surface area contributed by atoms with Crippen molar-refractivity contribution in [1.82, 2.24) is 10.2 Å². The largest absolute Gasteiger partial charge is 0.388 e. The highest BCUT2D eigenvalue weighted by atomic mass is 16.5. The average molecular weight is 277 g/mol. The fraction of sp³-hybridized carbons (Fsp3) is 0.533. The van der Waals surface area contributed by atoms with E-state index in [2.05, 4.69) is 22.6 Å². The van der Waals surface area contributed by atoms with Gasteiger partial charge in [-0.05, 0) is 37.7 Å². The molecule has 0 aliphatic carbocycles. The van der Waals surface area contributed by atoms with Crippen LogP contribution in [0.4, 0.5) is 5.69 Å². The molecule has 1 fully saturated rings. The Bertz CT molecular complexity index is 476. The summed E-state index contributed by atoms with van der Waals surface area (Å²) >= 11 is 0. The van der Waals surface area contributed by atoms with Gasteiger partial charge >= 0.3 is 0 Å². The molecule has 1 aromatic rings. The van der Waals surface area contributed by atoms with E-state index in [1.807, 2.05) is 32.2 Å². The van der Waals surface area contributed by atoms with Crippen LogP contribution in [0.15, 0.2) is 18.2 Å². The minimum Gasteiger partial charge on any atom is -0.388 e. The zero-order chi connectivity index (χ0) is 14.5. The van der Waals surface area contributed by atoms with E-state index in [4.69, 9.17) is 4.74 Å². The minimum atomic E-state index is -0.0398. The molecule has 1 saturated heterocycles. The van der Waals surface area contributed by atoms with E-state index in [9.17, 15) is 4.79 Å². The van der Waals surface area contributed by atoms with Gasteiger partial charge < -0.3 is 20.3 Å². The van der Waals surface area contributed by atoms with Crippen LogP contribution in [0.1, 0.15) is 15.9 Å². The number of aryl methyl sites for hydroxylation is 1. The van der Waals surface area contributed by atoms with E-state index in [1.54, 1.807) is 0 Å². The van der Waals surface area contributed by atoms with Gasteiger partial charge in [0.15, 0.2) is 0 Å². The Labute approximate surface area is 120 Å². The van der Waals surface area contributed by atoms with Crippen LogP contribution in [0.5, 0.6) is 0 Å². The number of nitrogens with zero attached hydrogens (tertiary/aromatic N) is 1. The summed E-state index contributed by atoms with van der Waals surface area (Å²) in [5, 5.41) is 6.02. The smallest absolute Gasteiger partial charge is 0.251 e. The number of amides is 1.